The minimum Gasteiger partial charge on any atom is -0.394 e. The lowest BCUT2D eigenvalue weighted by Gasteiger charge is -2.26. The molecule has 0 aromatic heterocycles. The van der Waals surface area contributed by atoms with Gasteiger partial charge in [0.25, 0.3) is 0 Å². The van der Waals surface area contributed by atoms with Crippen molar-refractivity contribution < 1.29 is 53.4 Å². The van der Waals surface area contributed by atoms with Gasteiger partial charge in [0, 0.05) is 13.1 Å². The van der Waals surface area contributed by atoms with E-state index in [1.165, 1.54) is 20.8 Å². The monoisotopic (exact) mass is 987 g/mol. The molecule has 394 valence electrons. The molecule has 26 N–H and O–H groups in total. The van der Waals surface area contributed by atoms with E-state index in [-0.39, 0.29) is 57.1 Å². The lowest BCUT2D eigenvalue weighted by molar-refractivity contribution is -0.136. The predicted octanol–water partition coefficient (Wildman–Crippen LogP) is -8.52. The molecule has 29 nitrogen and oxygen atoms in total. The normalized spacial score (nSPS) is 15.3. The molecule has 69 heavy (non-hydrogen) atoms. The largest absolute Gasteiger partial charge is 0.394 e. The number of guanidine groups is 2. The highest BCUT2D eigenvalue weighted by molar-refractivity contribution is 5.98. The topological polar surface area (TPSA) is 523 Å². The molecule has 0 aromatic carbocycles. The van der Waals surface area contributed by atoms with Gasteiger partial charge < -0.3 is 98.6 Å². The van der Waals surface area contributed by atoms with Crippen molar-refractivity contribution in [1.82, 2.24) is 42.5 Å². The van der Waals surface area contributed by atoms with Crippen LogP contribution >= 0.6 is 0 Å². The Morgan fingerprint density at radius 3 is 1.20 bits per heavy atom. The Hall–Kier alpha value is -6.43. The van der Waals surface area contributed by atoms with Gasteiger partial charge in [0.1, 0.15) is 48.3 Å². The lowest BCUT2D eigenvalue weighted by Crippen LogP contribution is -2.61. The predicted molar refractivity (Wildman–Crippen MR) is 254 cm³/mol. The van der Waals surface area contributed by atoms with Gasteiger partial charge in [-0.25, -0.2) is 0 Å². The number of aliphatic imine (C=N–C) groups is 2. The van der Waals surface area contributed by atoms with E-state index >= 15 is 0 Å². The number of unbranched alkanes of at least 4 members (excludes halogenated alkanes) is 2. The van der Waals surface area contributed by atoms with E-state index < -0.39 is 120 Å². The number of aliphatic hydroxyl groups is 2. The zero-order chi connectivity index (χ0) is 52.8. The second kappa shape index (κ2) is 33.9. The Morgan fingerprint density at radius 1 is 0.449 bits per heavy atom. The average Bonchev–Trinajstić information content (AvgIpc) is 3.27. The molecule has 0 heterocycles. The second-order valence-electron chi connectivity index (χ2n) is 16.3. The van der Waals surface area contributed by atoms with E-state index in [4.69, 9.17) is 45.9 Å². The lowest BCUT2D eigenvalue weighted by atomic mass is 10.0. The van der Waals surface area contributed by atoms with Crippen molar-refractivity contribution in [3.8, 4) is 0 Å². The number of nitrogens with two attached hydrogens (primary N) is 8. The number of carbonyl (C=O) groups is 9. The summed E-state index contributed by atoms with van der Waals surface area (Å²) >= 11 is 0. The summed E-state index contributed by atoms with van der Waals surface area (Å²) in [6.07, 6.45) is 1.52. The molecule has 0 spiro atoms. The highest BCUT2D eigenvalue weighted by Crippen LogP contribution is 2.08. The standard InChI is InChI=1S/C40H78N18O11/c1-20(52-36(67)27(14-10-18-50-40(47)48)56-37(68)25(12-6-8-16-42)55-34(65)24(43)11-5-7-15-41)31(62)51-21(2)32(63)54-26(13-9-17-49-39(45)46)35(66)53-22(3)33(64)58-29(23(4)60)38(69)57-28(19-59)30(44)61/h20-29,59-60H,5-19,41-43H2,1-4H3,(H2,44,61)(H,51,62)(H,52,67)(H,53,66)(H,54,63)(H,55,65)(H,56,68)(H,57,69)(H,58,64)(H4,45,46,49)(H4,47,48,50)/t20-,21-,22+,23-,24+,25-,26+,27-,28-,29-/m0/s1. The maximum absolute atomic E-state index is 13.7. The molecule has 0 unspecified atom stereocenters. The van der Waals surface area contributed by atoms with E-state index in [0.717, 1.165) is 6.92 Å². The van der Waals surface area contributed by atoms with Crippen molar-refractivity contribution in [2.75, 3.05) is 32.8 Å². The van der Waals surface area contributed by atoms with Crippen LogP contribution in [-0.4, -0.2) is 169 Å². The van der Waals surface area contributed by atoms with Crippen LogP contribution in [0.2, 0.25) is 0 Å². The third-order valence-corrected chi connectivity index (χ3v) is 10.2. The van der Waals surface area contributed by atoms with Crippen molar-refractivity contribution in [1.29, 1.82) is 0 Å². The van der Waals surface area contributed by atoms with Crippen LogP contribution in [0.15, 0.2) is 9.98 Å². The van der Waals surface area contributed by atoms with Crippen LogP contribution in [0.3, 0.4) is 0 Å². The van der Waals surface area contributed by atoms with Crippen LogP contribution in [0.1, 0.15) is 91.9 Å². The summed E-state index contributed by atoms with van der Waals surface area (Å²) in [5.41, 5.74) is 44.1. The Bertz CT molecular complexity index is 1750. The van der Waals surface area contributed by atoms with Gasteiger partial charge >= 0.3 is 0 Å². The summed E-state index contributed by atoms with van der Waals surface area (Å²) in [7, 11) is 0. The summed E-state index contributed by atoms with van der Waals surface area (Å²) in [4.78, 5) is 126. The first kappa shape index (κ1) is 62.6. The SMILES string of the molecule is C[C@H](NC(=O)[C@H](C)NC(=O)[C@H](CCCN=C(N)N)NC(=O)[C@H](CCCCN)NC(=O)[C@H](N)CCCCN)C(=O)N[C@H](CCCN=C(N)N)C(=O)N[C@H](C)C(=O)N[C@H](C(=O)N[C@@H](CO)C(N)=O)[C@H](C)O. The van der Waals surface area contributed by atoms with Crippen LogP contribution in [0.5, 0.6) is 0 Å². The number of primary amides is 1. The van der Waals surface area contributed by atoms with Crippen LogP contribution < -0.4 is 88.4 Å². The van der Waals surface area contributed by atoms with E-state index in [0.29, 0.717) is 45.2 Å². The van der Waals surface area contributed by atoms with Gasteiger partial charge in [-0.15, -0.1) is 0 Å². The fourth-order valence-corrected chi connectivity index (χ4v) is 6.11. The zero-order valence-corrected chi connectivity index (χ0v) is 40.0. The molecule has 0 saturated carbocycles. The molecular formula is C40H78N18O11. The van der Waals surface area contributed by atoms with E-state index in [1.54, 1.807) is 0 Å². The molecule has 0 aromatic rings. The van der Waals surface area contributed by atoms with Gasteiger partial charge in [-0.05, 0) is 98.6 Å². The second-order valence-corrected chi connectivity index (χ2v) is 16.3. The molecular weight excluding hydrogens is 909 g/mol. The van der Waals surface area contributed by atoms with E-state index in [1.807, 2.05) is 0 Å². The van der Waals surface area contributed by atoms with Gasteiger partial charge in [0.05, 0.1) is 18.8 Å². The minimum atomic E-state index is -1.65. The quantitative estimate of drug-likeness (QED) is 0.0159. The van der Waals surface area contributed by atoms with Gasteiger partial charge in [-0.2, -0.15) is 0 Å². The third kappa shape index (κ3) is 26.1. The molecule has 9 amide bonds. The molecule has 29 heteroatoms. The third-order valence-electron chi connectivity index (χ3n) is 10.2. The van der Waals surface area contributed by atoms with E-state index in [2.05, 4.69) is 52.5 Å². The maximum atomic E-state index is 13.7. The first-order valence-corrected chi connectivity index (χ1v) is 22.7. The van der Waals surface area contributed by atoms with Gasteiger partial charge in [-0.3, -0.25) is 53.1 Å². The molecule has 10 atom stereocenters. The smallest absolute Gasteiger partial charge is 0.245 e. The Labute approximate surface area is 401 Å². The van der Waals surface area contributed by atoms with Crippen molar-refractivity contribution >= 4 is 65.1 Å². The molecule has 0 bridgehead atoms. The summed E-state index contributed by atoms with van der Waals surface area (Å²) in [5, 5.41) is 39.0. The van der Waals surface area contributed by atoms with Crippen molar-refractivity contribution in [2.24, 2.45) is 55.9 Å². The number of hydrogen-bond acceptors (Lipinski definition) is 16. The number of nitrogens with zero attached hydrogens (tertiary/aromatic N) is 2. The summed E-state index contributed by atoms with van der Waals surface area (Å²) in [5.74, 6) is -8.20. The number of carbonyl (C=O) groups excluding carboxylic acids is 9. The molecule has 0 aliphatic rings. The summed E-state index contributed by atoms with van der Waals surface area (Å²) in [6, 6.07) is -11.8. The highest BCUT2D eigenvalue weighted by Gasteiger charge is 2.33. The molecule has 0 aliphatic heterocycles. The fourth-order valence-electron chi connectivity index (χ4n) is 6.11. The molecule has 0 radical (unpaired) electrons. The van der Waals surface area contributed by atoms with Crippen molar-refractivity contribution in [3.63, 3.8) is 0 Å². The number of aliphatic hydroxyl groups excluding tert-OH is 2. The number of hydrogen-bond donors (Lipinski definition) is 18. The minimum absolute atomic E-state index is 0.00500. The first-order valence-electron chi connectivity index (χ1n) is 22.7. The highest BCUT2D eigenvalue weighted by atomic mass is 16.3. The molecule has 0 fully saturated rings. The van der Waals surface area contributed by atoms with Crippen LogP contribution in [-0.2, 0) is 43.2 Å². The summed E-state index contributed by atoms with van der Waals surface area (Å²) in [6.45, 7) is 5.04. The summed E-state index contributed by atoms with van der Waals surface area (Å²) < 4.78 is 0. The first-order chi connectivity index (χ1) is 32.4. The van der Waals surface area contributed by atoms with Gasteiger partial charge in [0.2, 0.25) is 53.2 Å². The number of nitrogens with one attached hydrogen (secondary N) is 8. The molecule has 0 aliphatic carbocycles. The number of amides is 9. The molecule has 0 saturated heterocycles. The van der Waals surface area contributed by atoms with Crippen molar-refractivity contribution in [2.45, 2.75) is 152 Å². The Morgan fingerprint density at radius 2 is 0.797 bits per heavy atom. The Balaban J connectivity index is 6.07. The van der Waals surface area contributed by atoms with Gasteiger partial charge in [0.15, 0.2) is 11.9 Å². The van der Waals surface area contributed by atoms with Crippen LogP contribution in [0.25, 0.3) is 0 Å². The van der Waals surface area contributed by atoms with Crippen molar-refractivity contribution in [3.05, 3.63) is 0 Å². The van der Waals surface area contributed by atoms with E-state index in [9.17, 15) is 53.4 Å². The Kier molecular flexibility index (Phi) is 30.8. The molecule has 0 rings (SSSR count). The number of rotatable bonds is 35. The maximum Gasteiger partial charge on any atom is 0.245 e. The average molecular weight is 987 g/mol. The van der Waals surface area contributed by atoms with Crippen LogP contribution in [0, 0.1) is 0 Å². The fraction of sp³-hybridized carbons (Fsp3) is 0.725. The zero-order valence-electron chi connectivity index (χ0n) is 40.0. The van der Waals surface area contributed by atoms with Crippen LogP contribution in [0.4, 0.5) is 0 Å². The van der Waals surface area contributed by atoms with Gasteiger partial charge in [-0.1, -0.05) is 6.42 Å².